The van der Waals surface area contributed by atoms with Gasteiger partial charge in [0.05, 0.1) is 17.8 Å². The van der Waals surface area contributed by atoms with Crippen LogP contribution in [0.3, 0.4) is 0 Å². The molecule has 1 aliphatic carbocycles. The van der Waals surface area contributed by atoms with Crippen LogP contribution in [-0.4, -0.2) is 34.2 Å². The molecule has 2 aromatic rings. The first-order valence-electron chi connectivity index (χ1n) is 9.43. The van der Waals surface area contributed by atoms with E-state index in [-0.39, 0.29) is 41.8 Å². The van der Waals surface area contributed by atoms with E-state index in [1.165, 1.54) is 36.7 Å². The largest absolute Gasteiger partial charge is 0.573 e. The van der Waals surface area contributed by atoms with Crippen LogP contribution in [0.5, 0.6) is 5.75 Å². The van der Waals surface area contributed by atoms with Gasteiger partial charge in [0.15, 0.2) is 0 Å². The second kappa shape index (κ2) is 9.10. The molecule has 0 bridgehead atoms. The minimum atomic E-state index is -4.75. The summed E-state index contributed by atoms with van der Waals surface area (Å²) in [6.45, 7) is 1.93. The highest BCUT2D eigenvalue weighted by molar-refractivity contribution is 5.92. The molecule has 2 amide bonds. The van der Waals surface area contributed by atoms with Crippen LogP contribution in [-0.2, 0) is 11.3 Å². The first-order valence-corrected chi connectivity index (χ1v) is 9.43. The highest BCUT2D eigenvalue weighted by atomic mass is 19.4. The Morgan fingerprint density at radius 2 is 1.87 bits per heavy atom. The van der Waals surface area contributed by atoms with E-state index in [9.17, 15) is 22.8 Å². The molecule has 1 aromatic carbocycles. The van der Waals surface area contributed by atoms with Gasteiger partial charge in [-0.15, -0.1) is 13.2 Å². The Bertz CT molecular complexity index is 886. The molecule has 30 heavy (non-hydrogen) atoms. The van der Waals surface area contributed by atoms with Gasteiger partial charge in [-0.05, 0) is 37.5 Å². The molecule has 1 heterocycles. The van der Waals surface area contributed by atoms with Crippen molar-refractivity contribution in [3.05, 3.63) is 53.6 Å². The van der Waals surface area contributed by atoms with Crippen molar-refractivity contribution in [2.24, 2.45) is 5.92 Å². The van der Waals surface area contributed by atoms with Gasteiger partial charge >= 0.3 is 6.36 Å². The number of amides is 2. The SMILES string of the molecule is Cc1cnc(C(=O)NC2CCCC2C(=O)NCc2ccc(OC(F)(F)F)cc2)cn1. The number of carbonyl (C=O) groups is 2. The zero-order valence-corrected chi connectivity index (χ0v) is 16.2. The Balaban J connectivity index is 1.53. The van der Waals surface area contributed by atoms with Crippen LogP contribution < -0.4 is 15.4 Å². The fraction of sp³-hybridized carbons (Fsp3) is 0.400. The maximum Gasteiger partial charge on any atom is 0.573 e. The van der Waals surface area contributed by atoms with Crippen LogP contribution in [0.1, 0.15) is 41.0 Å². The maximum atomic E-state index is 12.6. The summed E-state index contributed by atoms with van der Waals surface area (Å²) in [7, 11) is 0. The molecule has 7 nitrogen and oxygen atoms in total. The first-order chi connectivity index (χ1) is 14.2. The molecule has 0 aliphatic heterocycles. The number of hydrogen-bond donors (Lipinski definition) is 2. The quantitative estimate of drug-likeness (QED) is 0.747. The molecule has 3 rings (SSSR count). The highest BCUT2D eigenvalue weighted by Gasteiger charge is 2.34. The van der Waals surface area contributed by atoms with Crippen LogP contribution in [0, 0.1) is 12.8 Å². The lowest BCUT2D eigenvalue weighted by atomic mass is 10.0. The Labute approximate surface area is 171 Å². The Hall–Kier alpha value is -3.17. The van der Waals surface area contributed by atoms with E-state index in [4.69, 9.17) is 0 Å². The number of ether oxygens (including phenoxy) is 1. The molecule has 2 atom stereocenters. The molecule has 1 aliphatic rings. The summed E-state index contributed by atoms with van der Waals surface area (Å²) in [5.74, 6) is -1.31. The zero-order valence-electron chi connectivity index (χ0n) is 16.2. The molecular formula is C20H21F3N4O3. The Morgan fingerprint density at radius 1 is 1.13 bits per heavy atom. The van der Waals surface area contributed by atoms with Gasteiger partial charge in [-0.25, -0.2) is 4.98 Å². The second-order valence-electron chi connectivity index (χ2n) is 7.07. The van der Waals surface area contributed by atoms with Crippen LogP contribution in [0.4, 0.5) is 13.2 Å². The molecule has 2 unspecified atom stereocenters. The van der Waals surface area contributed by atoms with Crippen molar-refractivity contribution >= 4 is 11.8 Å². The highest BCUT2D eigenvalue weighted by Crippen LogP contribution is 2.26. The molecule has 2 N–H and O–H groups in total. The number of carbonyl (C=O) groups excluding carboxylic acids is 2. The molecule has 1 fully saturated rings. The van der Waals surface area contributed by atoms with E-state index in [0.717, 1.165) is 6.42 Å². The van der Waals surface area contributed by atoms with Crippen molar-refractivity contribution in [2.45, 2.75) is 45.1 Å². The van der Waals surface area contributed by atoms with E-state index in [1.54, 1.807) is 6.92 Å². The normalized spacial score (nSPS) is 18.7. The van der Waals surface area contributed by atoms with Crippen LogP contribution >= 0.6 is 0 Å². The minimum absolute atomic E-state index is 0.158. The van der Waals surface area contributed by atoms with E-state index in [1.807, 2.05) is 0 Å². The second-order valence-corrected chi connectivity index (χ2v) is 7.07. The molecule has 10 heteroatoms. The van der Waals surface area contributed by atoms with Gasteiger partial charge in [0.1, 0.15) is 11.4 Å². The summed E-state index contributed by atoms with van der Waals surface area (Å²) >= 11 is 0. The van der Waals surface area contributed by atoms with Gasteiger partial charge in [-0.1, -0.05) is 18.6 Å². The van der Waals surface area contributed by atoms with Gasteiger partial charge in [0.25, 0.3) is 5.91 Å². The van der Waals surface area contributed by atoms with E-state index in [0.29, 0.717) is 24.1 Å². The summed E-state index contributed by atoms with van der Waals surface area (Å²) in [6, 6.07) is 4.96. The number of benzene rings is 1. The van der Waals surface area contributed by atoms with Crippen molar-refractivity contribution < 1.29 is 27.5 Å². The molecule has 0 radical (unpaired) electrons. The third-order valence-corrected chi connectivity index (χ3v) is 4.81. The van der Waals surface area contributed by atoms with Gasteiger partial charge < -0.3 is 15.4 Å². The third kappa shape index (κ3) is 5.91. The molecule has 1 aromatic heterocycles. The first kappa shape index (κ1) is 21.5. The standard InChI is InChI=1S/C20H21F3N4O3/c1-12-9-25-17(11-24-12)19(29)27-16-4-2-3-15(16)18(28)26-10-13-5-7-14(8-6-13)30-20(21,22)23/h5-9,11,15-16H,2-4,10H2,1H3,(H,26,28)(H,27,29). The average molecular weight is 422 g/mol. The Morgan fingerprint density at radius 3 is 2.50 bits per heavy atom. The van der Waals surface area contributed by atoms with Crippen molar-refractivity contribution in [2.75, 3.05) is 0 Å². The predicted octanol–water partition coefficient (Wildman–Crippen LogP) is 2.90. The summed E-state index contributed by atoms with van der Waals surface area (Å²) in [4.78, 5) is 33.0. The molecule has 160 valence electrons. The zero-order chi connectivity index (χ0) is 21.7. The molecule has 1 saturated carbocycles. The number of aryl methyl sites for hydroxylation is 1. The third-order valence-electron chi connectivity index (χ3n) is 4.81. The molecule has 0 saturated heterocycles. The van der Waals surface area contributed by atoms with E-state index in [2.05, 4.69) is 25.3 Å². The van der Waals surface area contributed by atoms with Crippen molar-refractivity contribution in [3.63, 3.8) is 0 Å². The van der Waals surface area contributed by atoms with Crippen molar-refractivity contribution in [1.29, 1.82) is 0 Å². The summed E-state index contributed by atoms with van der Waals surface area (Å²) in [6.07, 6.45) is 0.245. The average Bonchev–Trinajstić information content (AvgIpc) is 3.14. The van der Waals surface area contributed by atoms with Gasteiger partial charge in [-0.2, -0.15) is 0 Å². The van der Waals surface area contributed by atoms with Gasteiger partial charge in [-0.3, -0.25) is 14.6 Å². The number of alkyl halides is 3. The number of nitrogens with zero attached hydrogens (tertiary/aromatic N) is 2. The minimum Gasteiger partial charge on any atom is -0.406 e. The number of halogens is 3. The number of nitrogens with one attached hydrogen (secondary N) is 2. The Kier molecular flexibility index (Phi) is 6.53. The van der Waals surface area contributed by atoms with Crippen LogP contribution in [0.15, 0.2) is 36.7 Å². The molecular weight excluding hydrogens is 401 g/mol. The van der Waals surface area contributed by atoms with Crippen LogP contribution in [0.25, 0.3) is 0 Å². The van der Waals surface area contributed by atoms with Gasteiger partial charge in [0, 0.05) is 18.8 Å². The lowest BCUT2D eigenvalue weighted by molar-refractivity contribution is -0.274. The van der Waals surface area contributed by atoms with Crippen molar-refractivity contribution in [3.8, 4) is 5.75 Å². The fourth-order valence-corrected chi connectivity index (χ4v) is 3.33. The fourth-order valence-electron chi connectivity index (χ4n) is 3.33. The summed E-state index contributed by atoms with van der Waals surface area (Å²) in [5.41, 5.74) is 1.52. The van der Waals surface area contributed by atoms with E-state index < -0.39 is 6.36 Å². The number of aromatic nitrogens is 2. The lowest BCUT2D eigenvalue weighted by Crippen LogP contribution is -2.44. The maximum absolute atomic E-state index is 12.6. The lowest BCUT2D eigenvalue weighted by Gasteiger charge is -2.20. The van der Waals surface area contributed by atoms with E-state index >= 15 is 0 Å². The molecule has 0 spiro atoms. The van der Waals surface area contributed by atoms with Crippen molar-refractivity contribution in [1.82, 2.24) is 20.6 Å². The smallest absolute Gasteiger partial charge is 0.406 e. The number of rotatable bonds is 6. The topological polar surface area (TPSA) is 93.2 Å². The number of hydrogen-bond acceptors (Lipinski definition) is 5. The summed E-state index contributed by atoms with van der Waals surface area (Å²) < 4.78 is 40.4. The van der Waals surface area contributed by atoms with Crippen LogP contribution in [0.2, 0.25) is 0 Å². The summed E-state index contributed by atoms with van der Waals surface area (Å²) in [5, 5.41) is 5.63. The van der Waals surface area contributed by atoms with Gasteiger partial charge in [0.2, 0.25) is 5.91 Å². The monoisotopic (exact) mass is 422 g/mol. The predicted molar refractivity (Wildman–Crippen MR) is 100 cm³/mol.